The third-order valence-electron chi connectivity index (χ3n) is 7.97. The smallest absolute Gasteiger partial charge is 0.266 e. The van der Waals surface area contributed by atoms with E-state index in [2.05, 4.69) is 67.0 Å². The van der Waals surface area contributed by atoms with Crippen molar-refractivity contribution in [3.63, 3.8) is 0 Å². The van der Waals surface area contributed by atoms with Crippen molar-refractivity contribution in [2.24, 2.45) is 4.99 Å². The molecule has 1 amide bonds. The molecule has 0 bridgehead atoms. The normalized spacial score (nSPS) is 17.4. The van der Waals surface area contributed by atoms with Crippen LogP contribution in [-0.2, 0) is 22.5 Å². The average Bonchev–Trinajstić information content (AvgIpc) is 3.46. The van der Waals surface area contributed by atoms with Gasteiger partial charge in [-0.15, -0.1) is 0 Å². The SMILES string of the molecule is O=C(NNCc1cccc2ccccc12)[C@@]1(Cc2ccc(Br)cc2)N=C(c2ccc(OCCCO)cc2)O[C@H]1c1ccccc1Br. The Labute approximate surface area is 284 Å². The Morgan fingerprint density at radius 2 is 1.63 bits per heavy atom. The number of hydrogen-bond donors (Lipinski definition) is 3. The van der Waals surface area contributed by atoms with Crippen molar-refractivity contribution < 1.29 is 19.4 Å². The minimum atomic E-state index is -1.35. The first-order valence-corrected chi connectivity index (χ1v) is 16.6. The van der Waals surface area contributed by atoms with E-state index in [1.54, 1.807) is 0 Å². The maximum Gasteiger partial charge on any atom is 0.266 e. The lowest BCUT2D eigenvalue weighted by atomic mass is 9.82. The maximum atomic E-state index is 14.5. The Hall–Kier alpha value is -4.02. The molecular weight excluding hydrogens is 710 g/mol. The van der Waals surface area contributed by atoms with Gasteiger partial charge in [0.25, 0.3) is 5.91 Å². The number of nitrogens with zero attached hydrogens (tertiary/aromatic N) is 1. The van der Waals surface area contributed by atoms with Crippen molar-refractivity contribution in [3.8, 4) is 5.75 Å². The molecule has 0 radical (unpaired) electrons. The highest BCUT2D eigenvalue weighted by atomic mass is 79.9. The van der Waals surface area contributed by atoms with E-state index in [-0.39, 0.29) is 12.5 Å². The van der Waals surface area contributed by atoms with Crippen LogP contribution in [0.3, 0.4) is 0 Å². The number of fused-ring (bicyclic) bond motifs is 1. The van der Waals surface area contributed by atoms with Gasteiger partial charge in [0.05, 0.1) is 6.61 Å². The summed E-state index contributed by atoms with van der Waals surface area (Å²) in [5.41, 5.74) is 8.37. The molecule has 5 aromatic rings. The van der Waals surface area contributed by atoms with E-state index >= 15 is 0 Å². The summed E-state index contributed by atoms with van der Waals surface area (Å²) in [7, 11) is 0. The van der Waals surface area contributed by atoms with Gasteiger partial charge < -0.3 is 14.6 Å². The number of carbonyl (C=O) groups excluding carboxylic acids is 1. The number of aliphatic imine (C=N–C) groups is 1. The molecule has 1 aliphatic rings. The van der Waals surface area contributed by atoms with Gasteiger partial charge in [-0.05, 0) is 64.4 Å². The molecule has 0 aliphatic carbocycles. The minimum absolute atomic E-state index is 0.0679. The minimum Gasteiger partial charge on any atom is -0.494 e. The molecular formula is C37H33Br2N3O4. The number of aliphatic hydroxyl groups is 1. The Bertz CT molecular complexity index is 1840. The molecule has 0 fully saturated rings. The lowest BCUT2D eigenvalue weighted by Gasteiger charge is -2.31. The lowest BCUT2D eigenvalue weighted by Crippen LogP contribution is -2.53. The van der Waals surface area contributed by atoms with Crippen molar-refractivity contribution in [1.29, 1.82) is 0 Å². The second kappa shape index (κ2) is 14.6. The van der Waals surface area contributed by atoms with Gasteiger partial charge >= 0.3 is 0 Å². The van der Waals surface area contributed by atoms with Crippen LogP contribution in [0.15, 0.2) is 129 Å². The Balaban J connectivity index is 1.36. The van der Waals surface area contributed by atoms with Crippen LogP contribution in [0.4, 0.5) is 0 Å². The number of benzene rings is 5. The number of ether oxygens (including phenoxy) is 2. The molecule has 0 spiro atoms. The fraction of sp³-hybridized carbons (Fsp3) is 0.189. The van der Waals surface area contributed by atoms with E-state index in [1.165, 1.54) is 0 Å². The molecule has 0 saturated carbocycles. The standard InChI is InChI=1S/C37H33Br2N3O4/c38-29-17-13-25(14-18-29)23-37(36(44)42-40-24-28-9-5-8-26-7-1-2-10-31(26)28)34(32-11-3-4-12-33(32)39)46-35(41-37)27-15-19-30(20-16-27)45-22-6-21-43/h1-5,7-20,34,40,43H,6,21-24H2,(H,42,44)/t34-,37-/m0/s1. The fourth-order valence-corrected chi connectivity index (χ4v) is 6.39. The molecule has 0 saturated heterocycles. The molecule has 0 unspecified atom stereocenters. The Morgan fingerprint density at radius 1 is 0.891 bits per heavy atom. The van der Waals surface area contributed by atoms with Gasteiger partial charge in [0.1, 0.15) is 5.75 Å². The molecule has 234 valence electrons. The third kappa shape index (κ3) is 7.03. The van der Waals surface area contributed by atoms with Gasteiger partial charge in [-0.25, -0.2) is 10.4 Å². The number of aliphatic hydroxyl groups excluding tert-OH is 1. The Morgan fingerprint density at radius 3 is 2.41 bits per heavy atom. The molecule has 5 aromatic carbocycles. The van der Waals surface area contributed by atoms with Crippen LogP contribution in [0.2, 0.25) is 0 Å². The van der Waals surface area contributed by atoms with Crippen LogP contribution in [0, 0.1) is 0 Å². The van der Waals surface area contributed by atoms with Gasteiger partial charge in [-0.1, -0.05) is 105 Å². The number of halogens is 2. The summed E-state index contributed by atoms with van der Waals surface area (Å²) >= 11 is 7.23. The summed E-state index contributed by atoms with van der Waals surface area (Å²) in [6.45, 7) is 0.911. The van der Waals surface area contributed by atoms with Crippen LogP contribution in [0.1, 0.15) is 34.8 Å². The topological polar surface area (TPSA) is 92.2 Å². The number of hydrazine groups is 1. The first-order valence-electron chi connectivity index (χ1n) is 15.1. The lowest BCUT2D eigenvalue weighted by molar-refractivity contribution is -0.130. The zero-order valence-corrected chi connectivity index (χ0v) is 28.1. The first-order chi connectivity index (χ1) is 22.5. The van der Waals surface area contributed by atoms with E-state index in [0.717, 1.165) is 42.0 Å². The van der Waals surface area contributed by atoms with Crippen LogP contribution < -0.4 is 15.6 Å². The van der Waals surface area contributed by atoms with Crippen molar-refractivity contribution in [1.82, 2.24) is 10.9 Å². The molecule has 2 atom stereocenters. The number of hydrogen-bond acceptors (Lipinski definition) is 6. The predicted octanol–water partition coefficient (Wildman–Crippen LogP) is 7.45. The average molecular weight is 743 g/mol. The van der Waals surface area contributed by atoms with E-state index in [9.17, 15) is 4.79 Å². The van der Waals surface area contributed by atoms with Gasteiger partial charge in [0.15, 0.2) is 11.6 Å². The molecule has 1 heterocycles. The van der Waals surface area contributed by atoms with Gasteiger partial charge in [-0.3, -0.25) is 10.2 Å². The van der Waals surface area contributed by atoms with Crippen LogP contribution in [-0.4, -0.2) is 35.7 Å². The molecule has 7 nitrogen and oxygen atoms in total. The predicted molar refractivity (Wildman–Crippen MR) is 188 cm³/mol. The highest BCUT2D eigenvalue weighted by Gasteiger charge is 2.54. The van der Waals surface area contributed by atoms with Crippen molar-refractivity contribution in [2.75, 3.05) is 13.2 Å². The highest BCUT2D eigenvalue weighted by molar-refractivity contribution is 9.10. The summed E-state index contributed by atoms with van der Waals surface area (Å²) in [6.07, 6.45) is 0.106. The zero-order valence-electron chi connectivity index (χ0n) is 25.0. The van der Waals surface area contributed by atoms with Gasteiger partial charge in [0.2, 0.25) is 5.90 Å². The Kier molecular flexibility index (Phi) is 10.1. The van der Waals surface area contributed by atoms with Crippen molar-refractivity contribution in [3.05, 3.63) is 146 Å². The summed E-state index contributed by atoms with van der Waals surface area (Å²) in [4.78, 5) is 19.7. The summed E-state index contributed by atoms with van der Waals surface area (Å²) in [6, 6.07) is 37.4. The molecule has 3 N–H and O–H groups in total. The molecule has 1 aliphatic heterocycles. The second-order valence-electron chi connectivity index (χ2n) is 11.1. The van der Waals surface area contributed by atoms with Crippen molar-refractivity contribution in [2.45, 2.75) is 31.0 Å². The summed E-state index contributed by atoms with van der Waals surface area (Å²) in [5, 5.41) is 11.3. The second-order valence-corrected chi connectivity index (χ2v) is 12.8. The van der Waals surface area contributed by atoms with E-state index in [1.807, 2.05) is 91.0 Å². The summed E-state index contributed by atoms with van der Waals surface area (Å²) in [5.74, 6) is 0.731. The molecule has 6 rings (SSSR count). The maximum absolute atomic E-state index is 14.5. The number of carbonyl (C=O) groups is 1. The fourth-order valence-electron chi connectivity index (χ4n) is 5.64. The number of amides is 1. The molecule has 46 heavy (non-hydrogen) atoms. The van der Waals surface area contributed by atoms with Crippen LogP contribution in [0.25, 0.3) is 10.8 Å². The molecule has 9 heteroatoms. The van der Waals surface area contributed by atoms with Gasteiger partial charge in [0, 0.05) is 46.1 Å². The monoisotopic (exact) mass is 741 g/mol. The highest BCUT2D eigenvalue weighted by Crippen LogP contribution is 2.44. The molecule has 0 aromatic heterocycles. The number of nitrogens with one attached hydrogen (secondary N) is 2. The van der Waals surface area contributed by atoms with Gasteiger partial charge in [-0.2, -0.15) is 0 Å². The van der Waals surface area contributed by atoms with Crippen LogP contribution in [0.5, 0.6) is 5.75 Å². The van der Waals surface area contributed by atoms with E-state index < -0.39 is 11.6 Å². The van der Waals surface area contributed by atoms with Crippen LogP contribution >= 0.6 is 31.9 Å². The number of rotatable bonds is 12. The van der Waals surface area contributed by atoms with E-state index in [4.69, 9.17) is 19.6 Å². The third-order valence-corrected chi connectivity index (χ3v) is 9.22. The quantitative estimate of drug-likeness (QED) is 0.0913. The zero-order chi connectivity index (χ0) is 31.9. The largest absolute Gasteiger partial charge is 0.494 e. The summed E-state index contributed by atoms with van der Waals surface area (Å²) < 4.78 is 14.1. The first kappa shape index (κ1) is 31.9. The van der Waals surface area contributed by atoms with Crippen molar-refractivity contribution >= 4 is 54.4 Å². The van der Waals surface area contributed by atoms with E-state index in [0.29, 0.717) is 37.6 Å².